The number of hydrogen-bond donors (Lipinski definition) is 1. The molecule has 1 aromatic heterocycles. The molecule has 3 rings (SSSR count). The molecule has 1 aliphatic rings. The van der Waals surface area contributed by atoms with Crippen molar-refractivity contribution in [1.29, 1.82) is 5.26 Å². The van der Waals surface area contributed by atoms with Crippen LogP contribution in [0.3, 0.4) is 0 Å². The first-order chi connectivity index (χ1) is 12.1. The summed E-state index contributed by atoms with van der Waals surface area (Å²) < 4.78 is 19.2. The number of halogens is 1. The normalized spacial score (nSPS) is 15.0. The molecule has 2 heterocycles. The Balaban J connectivity index is 1.58. The van der Waals surface area contributed by atoms with Crippen molar-refractivity contribution in [2.45, 2.75) is 26.2 Å². The number of carbonyl (C=O) groups excluding carboxylic acids is 1. The Labute approximate surface area is 145 Å². The van der Waals surface area contributed by atoms with E-state index in [2.05, 4.69) is 10.5 Å². The van der Waals surface area contributed by atoms with E-state index in [1.807, 2.05) is 17.9 Å². The molecule has 1 amide bonds. The van der Waals surface area contributed by atoms with Gasteiger partial charge in [0.15, 0.2) is 5.82 Å². The number of aromatic nitrogens is 1. The summed E-state index contributed by atoms with van der Waals surface area (Å²) >= 11 is 0. The minimum Gasteiger partial charge on any atom is -0.369 e. The van der Waals surface area contributed by atoms with Crippen molar-refractivity contribution in [2.75, 3.05) is 23.3 Å². The Hall–Kier alpha value is -2.88. The maximum atomic E-state index is 14.1. The summed E-state index contributed by atoms with van der Waals surface area (Å²) in [5.74, 6) is 0.524. The van der Waals surface area contributed by atoms with E-state index in [0.29, 0.717) is 43.0 Å². The third-order valence-electron chi connectivity index (χ3n) is 4.44. The molecular formula is C18H19FN4O2. The van der Waals surface area contributed by atoms with Crippen molar-refractivity contribution in [3.63, 3.8) is 0 Å². The van der Waals surface area contributed by atoms with Gasteiger partial charge in [0.05, 0.1) is 17.3 Å². The van der Waals surface area contributed by atoms with E-state index in [1.54, 1.807) is 18.2 Å². The second-order valence-electron chi connectivity index (χ2n) is 6.06. The quantitative estimate of drug-likeness (QED) is 0.923. The van der Waals surface area contributed by atoms with E-state index in [1.165, 1.54) is 6.07 Å². The molecule has 1 fully saturated rings. The van der Waals surface area contributed by atoms with Crippen LogP contribution in [-0.2, 0) is 11.2 Å². The first kappa shape index (κ1) is 17.0. The van der Waals surface area contributed by atoms with Crippen LogP contribution in [0.1, 0.15) is 31.1 Å². The van der Waals surface area contributed by atoms with Gasteiger partial charge in [-0.2, -0.15) is 5.26 Å². The molecule has 25 heavy (non-hydrogen) atoms. The highest BCUT2D eigenvalue weighted by Crippen LogP contribution is 2.27. The molecule has 130 valence electrons. The number of nitrogens with one attached hydrogen (secondary N) is 1. The number of piperidine rings is 1. The van der Waals surface area contributed by atoms with Crippen LogP contribution in [0, 0.1) is 23.1 Å². The van der Waals surface area contributed by atoms with Crippen LogP contribution in [-0.4, -0.2) is 24.2 Å². The molecule has 0 unspecified atom stereocenters. The Morgan fingerprint density at radius 1 is 1.44 bits per heavy atom. The highest BCUT2D eigenvalue weighted by molar-refractivity contribution is 5.91. The lowest BCUT2D eigenvalue weighted by molar-refractivity contribution is -0.120. The van der Waals surface area contributed by atoms with Crippen LogP contribution in [0.15, 0.2) is 28.8 Å². The second-order valence-corrected chi connectivity index (χ2v) is 6.06. The summed E-state index contributed by atoms with van der Waals surface area (Å²) in [5, 5.41) is 15.4. The molecule has 6 nitrogen and oxygen atoms in total. The Kier molecular flexibility index (Phi) is 4.98. The fourth-order valence-electron chi connectivity index (χ4n) is 2.98. The van der Waals surface area contributed by atoms with Gasteiger partial charge in [-0.15, -0.1) is 0 Å². The predicted octanol–water partition coefficient (Wildman–Crippen LogP) is 3.10. The summed E-state index contributed by atoms with van der Waals surface area (Å²) in [6.45, 7) is 3.12. The zero-order chi connectivity index (χ0) is 17.8. The average Bonchev–Trinajstić information content (AvgIpc) is 3.09. The van der Waals surface area contributed by atoms with Crippen molar-refractivity contribution in [2.24, 2.45) is 5.92 Å². The number of rotatable bonds is 4. The molecule has 1 N–H and O–H groups in total. The largest absolute Gasteiger partial charge is 0.369 e. The van der Waals surface area contributed by atoms with Gasteiger partial charge in [-0.05, 0) is 31.0 Å². The van der Waals surface area contributed by atoms with Gasteiger partial charge in [0.1, 0.15) is 11.6 Å². The van der Waals surface area contributed by atoms with Gasteiger partial charge >= 0.3 is 0 Å². The smallest absolute Gasteiger partial charge is 0.228 e. The third-order valence-corrected chi connectivity index (χ3v) is 4.44. The van der Waals surface area contributed by atoms with Crippen LogP contribution in [0.2, 0.25) is 0 Å². The predicted molar refractivity (Wildman–Crippen MR) is 90.6 cm³/mol. The molecule has 0 saturated carbocycles. The molecular weight excluding hydrogens is 323 g/mol. The van der Waals surface area contributed by atoms with Gasteiger partial charge in [-0.3, -0.25) is 4.79 Å². The average molecular weight is 342 g/mol. The number of amides is 1. The van der Waals surface area contributed by atoms with Crippen LogP contribution in [0.4, 0.5) is 15.9 Å². The Morgan fingerprint density at radius 3 is 2.80 bits per heavy atom. The highest BCUT2D eigenvalue weighted by Gasteiger charge is 2.26. The van der Waals surface area contributed by atoms with Gasteiger partial charge in [-0.1, -0.05) is 12.1 Å². The van der Waals surface area contributed by atoms with Gasteiger partial charge < -0.3 is 14.7 Å². The molecule has 1 aliphatic heterocycles. The van der Waals surface area contributed by atoms with Crippen LogP contribution in [0.25, 0.3) is 0 Å². The molecule has 0 aliphatic carbocycles. The maximum absolute atomic E-state index is 14.1. The Bertz CT molecular complexity index is 804. The molecule has 0 spiro atoms. The fourth-order valence-corrected chi connectivity index (χ4v) is 2.98. The van der Waals surface area contributed by atoms with Gasteiger partial charge in [0, 0.05) is 31.5 Å². The third kappa shape index (κ3) is 3.79. The number of hydrogen-bond acceptors (Lipinski definition) is 5. The topological polar surface area (TPSA) is 82.2 Å². The summed E-state index contributed by atoms with van der Waals surface area (Å²) in [6, 6.07) is 8.11. The molecule has 7 heteroatoms. The van der Waals surface area contributed by atoms with Crippen LogP contribution in [0.5, 0.6) is 0 Å². The van der Waals surface area contributed by atoms with Crippen molar-refractivity contribution in [3.8, 4) is 6.07 Å². The molecule has 1 aromatic carbocycles. The molecule has 0 bridgehead atoms. The zero-order valence-electron chi connectivity index (χ0n) is 14.0. The molecule has 2 aromatic rings. The maximum Gasteiger partial charge on any atom is 0.228 e. The number of nitrogens with zero attached hydrogens (tertiary/aromatic N) is 3. The van der Waals surface area contributed by atoms with Crippen molar-refractivity contribution < 1.29 is 13.7 Å². The Morgan fingerprint density at radius 2 is 2.20 bits per heavy atom. The van der Waals surface area contributed by atoms with E-state index >= 15 is 0 Å². The summed E-state index contributed by atoms with van der Waals surface area (Å²) in [5.41, 5.74) is 0.775. The number of benzene rings is 1. The number of nitriles is 1. The van der Waals surface area contributed by atoms with Crippen LogP contribution >= 0.6 is 0 Å². The molecule has 1 saturated heterocycles. The van der Waals surface area contributed by atoms with Gasteiger partial charge in [0.25, 0.3) is 0 Å². The number of aryl methyl sites for hydroxylation is 1. The van der Waals surface area contributed by atoms with E-state index in [-0.39, 0.29) is 11.8 Å². The van der Waals surface area contributed by atoms with E-state index in [4.69, 9.17) is 9.78 Å². The van der Waals surface area contributed by atoms with Crippen LogP contribution < -0.4 is 10.2 Å². The number of carbonyl (C=O) groups is 1. The van der Waals surface area contributed by atoms with Crippen molar-refractivity contribution in [3.05, 3.63) is 41.4 Å². The zero-order valence-corrected chi connectivity index (χ0v) is 14.0. The van der Waals surface area contributed by atoms with E-state index in [0.717, 1.165) is 12.2 Å². The summed E-state index contributed by atoms with van der Waals surface area (Å²) in [4.78, 5) is 14.2. The second kappa shape index (κ2) is 7.34. The SMILES string of the molecule is CCc1cc(NC(=O)C2CCN(c3ccc(C#N)cc3F)CC2)no1. The van der Waals surface area contributed by atoms with E-state index in [9.17, 15) is 9.18 Å². The monoisotopic (exact) mass is 342 g/mol. The minimum absolute atomic E-state index is 0.0871. The minimum atomic E-state index is -0.406. The molecule has 0 radical (unpaired) electrons. The lowest BCUT2D eigenvalue weighted by Crippen LogP contribution is -2.38. The first-order valence-corrected chi connectivity index (χ1v) is 8.31. The lowest BCUT2D eigenvalue weighted by Gasteiger charge is -2.33. The highest BCUT2D eigenvalue weighted by atomic mass is 19.1. The van der Waals surface area contributed by atoms with Gasteiger partial charge in [-0.25, -0.2) is 4.39 Å². The lowest BCUT2D eigenvalue weighted by atomic mass is 9.95. The number of anilines is 2. The van der Waals surface area contributed by atoms with Gasteiger partial charge in [0.2, 0.25) is 5.91 Å². The molecule has 0 atom stereocenters. The summed E-state index contributed by atoms with van der Waals surface area (Å²) in [7, 11) is 0. The summed E-state index contributed by atoms with van der Waals surface area (Å²) in [6.07, 6.45) is 1.98. The standard InChI is InChI=1S/C18H19FN4O2/c1-2-14-10-17(22-25-14)21-18(24)13-5-7-23(8-6-13)16-4-3-12(11-20)9-15(16)19/h3-4,9-10,13H,2,5-8H2,1H3,(H,21,22,24). The fraction of sp³-hybridized carbons (Fsp3) is 0.389. The van der Waals surface area contributed by atoms with Crippen molar-refractivity contribution in [1.82, 2.24) is 5.16 Å². The van der Waals surface area contributed by atoms with E-state index < -0.39 is 5.82 Å². The van der Waals surface area contributed by atoms with Crippen molar-refractivity contribution >= 4 is 17.4 Å². The first-order valence-electron chi connectivity index (χ1n) is 8.31.